The first-order chi connectivity index (χ1) is 59.9. The van der Waals surface area contributed by atoms with Gasteiger partial charge in [0.05, 0.1) is 53.8 Å². The van der Waals surface area contributed by atoms with Gasteiger partial charge in [0.15, 0.2) is 34.0 Å². The number of anilines is 6. The number of hydrogen-bond donors (Lipinski definition) is 6. The highest BCUT2D eigenvalue weighted by atomic mass is 19.3. The SMILES string of the molecule is CC(C)(C)OC(=O)N1CCN(c2ccn3ncc(C(=O)Nc4cn(C5CCC(C=O)CC5)nc4C(F)F)c3n2)CC1.CC(C)(C)OC(=O)N1CCN(c2ccn3ncc(C(=O)Nc4cn(C5CCC(CO)CC5)nc4C(F)F)c3n2)CC1.CC(C)(C)OC(=O)N1CCN(c2ccn3ncc(C(=O)O)c3n2)CC1.Nc1cn(C2CCC(CO)CC2)nc1C(F)F.[2H][3H]. The van der Waals surface area contributed by atoms with Gasteiger partial charge < -0.3 is 80.1 Å². The zero-order valence-corrected chi connectivity index (χ0v) is 70.7. The lowest BCUT2D eigenvalue weighted by Crippen LogP contribution is -2.50. The zero-order valence-electron chi connectivity index (χ0n) is 72.7. The van der Waals surface area contributed by atoms with Crippen LogP contribution in [-0.2, 0) is 19.0 Å². The van der Waals surface area contributed by atoms with Crippen LogP contribution in [0.5, 0.6) is 0 Å². The summed E-state index contributed by atoms with van der Waals surface area (Å²) in [6, 6.07) is 5.27. The second-order valence-corrected chi connectivity index (χ2v) is 34.5. The van der Waals surface area contributed by atoms with Crippen LogP contribution in [0.15, 0.2) is 74.0 Å². The number of alkyl halides is 6. The molecule has 0 radical (unpaired) electrons. The molecule has 6 fully saturated rings. The van der Waals surface area contributed by atoms with Crippen LogP contribution >= 0.6 is 0 Å². The van der Waals surface area contributed by atoms with E-state index < -0.39 is 65.3 Å². The average molecular weight is 1740 g/mol. The molecule has 0 aromatic carbocycles. The Morgan fingerprint density at radius 1 is 0.476 bits per heavy atom. The number of nitrogen functional groups attached to an aromatic ring is 1. The Morgan fingerprint density at radius 3 is 1.06 bits per heavy atom. The van der Waals surface area contributed by atoms with Crippen LogP contribution in [-0.4, -0.2) is 254 Å². The van der Waals surface area contributed by atoms with Gasteiger partial charge in [-0.2, -0.15) is 30.6 Å². The number of rotatable bonds is 17. The van der Waals surface area contributed by atoms with Crippen LogP contribution < -0.4 is 31.1 Å². The van der Waals surface area contributed by atoms with E-state index in [4.69, 9.17) is 28.0 Å². The molecule has 7 N–H and O–H groups in total. The number of hydrogen-bond acceptors (Lipinski definition) is 25. The van der Waals surface area contributed by atoms with E-state index >= 15 is 0 Å². The molecule has 124 heavy (non-hydrogen) atoms. The molecule has 5 amide bonds. The Balaban J connectivity index is 0.000000170. The van der Waals surface area contributed by atoms with Gasteiger partial charge in [-0.1, -0.05) is 0 Å². The van der Waals surface area contributed by atoms with Crippen molar-refractivity contribution in [3.05, 3.63) is 108 Å². The number of aromatic nitrogens is 15. The van der Waals surface area contributed by atoms with Crippen molar-refractivity contribution >= 4 is 93.8 Å². The first-order valence-corrected chi connectivity index (χ1v) is 41.5. The van der Waals surface area contributed by atoms with E-state index in [1.54, 1.807) is 56.2 Å². The molecule has 43 heteroatoms. The van der Waals surface area contributed by atoms with Crippen molar-refractivity contribution in [3.63, 3.8) is 0 Å². The number of carboxylic acids is 1. The number of aliphatic hydroxyl groups excluding tert-OH is 2. The number of carboxylic acid groups (broad SMARTS) is 1. The number of aldehydes is 1. The van der Waals surface area contributed by atoms with Gasteiger partial charge in [-0.25, -0.2) is 74.0 Å². The highest BCUT2D eigenvalue weighted by Gasteiger charge is 2.35. The number of nitrogens with zero attached hydrogens (tertiary/aromatic N) is 21. The van der Waals surface area contributed by atoms with Crippen LogP contribution in [0.4, 0.5) is 75.2 Å². The number of carbonyl (C=O) groups is 7. The summed E-state index contributed by atoms with van der Waals surface area (Å²) in [5, 5.41) is 57.2. The van der Waals surface area contributed by atoms with Gasteiger partial charge in [0.1, 0.15) is 57.2 Å². The van der Waals surface area contributed by atoms with Gasteiger partial charge in [0.25, 0.3) is 31.1 Å². The molecule has 0 spiro atoms. The summed E-state index contributed by atoms with van der Waals surface area (Å²) in [7, 11) is 0. The molecule has 9 aromatic heterocycles. The largest absolute Gasteiger partial charge is 0.477 e. The number of piperazine rings is 3. The van der Waals surface area contributed by atoms with E-state index in [2.05, 4.69) is 56.2 Å². The van der Waals surface area contributed by atoms with Crippen molar-refractivity contribution < 1.29 is 92.4 Å². The molecular formula is C81H110F6N24O13. The molecular weight excluding hydrogens is 1630 g/mol. The average Bonchev–Trinajstić information content (AvgIpc) is 1.64. The Hall–Kier alpha value is -11.9. The van der Waals surface area contributed by atoms with Crippen LogP contribution in [0, 0.1) is 17.8 Å². The number of halogens is 6. The first-order valence-electron chi connectivity index (χ1n) is 42.5. The van der Waals surface area contributed by atoms with Crippen LogP contribution in [0.25, 0.3) is 16.9 Å². The molecule has 3 aliphatic carbocycles. The van der Waals surface area contributed by atoms with Crippen molar-refractivity contribution in [3.8, 4) is 0 Å². The van der Waals surface area contributed by atoms with E-state index in [0.29, 0.717) is 133 Å². The summed E-state index contributed by atoms with van der Waals surface area (Å²) >= 11 is 0. The standard InChI is InChI=1S/C27H36F2N8O4.C27H34F2N8O4.C16H21N5O4.C11H17F2N3O.H2/c2*1-27(2,3)41-26(40)35-12-10-34(11-13-35)21-8-9-36-24(32-21)19(14-30-36)25(39)31-20-15-37(33-22(20)23(28)29)18-6-4-17(16-38)5-7-18;1-16(2,3)25-15(24)20-8-6-19(7-9-20)12-4-5-21-13(18-12)11(10-17-21)14(22)23;12-11(13)10-9(14)5-16(15-10)8-3-1-7(6-17)2-4-8;/h8-9,14-15,17-18,23,38H,4-7,10-13,16H2,1-3H3,(H,31,39);8-9,14-18,23H,4-7,10-13H2,1-3H3,(H,31,39);4-5,10H,6-9H2,1-3H3,(H,22,23);5,7-8,11,17H,1-4,6,14H2;1H/i;;;;1+2D. The summed E-state index contributed by atoms with van der Waals surface area (Å²) in [5.41, 5.74) is 3.62. The maximum atomic E-state index is 13.9. The van der Waals surface area contributed by atoms with E-state index in [9.17, 15) is 70.1 Å². The summed E-state index contributed by atoms with van der Waals surface area (Å²) in [4.78, 5) is 110. The molecule has 6 aliphatic rings. The van der Waals surface area contributed by atoms with Crippen LogP contribution in [0.3, 0.4) is 0 Å². The quantitative estimate of drug-likeness (QED) is 0.0280. The topological polar surface area (TPSA) is 421 Å². The summed E-state index contributed by atoms with van der Waals surface area (Å²) in [6.45, 7) is 22.9. The minimum atomic E-state index is -2.88. The van der Waals surface area contributed by atoms with Gasteiger partial charge in [-0.15, -0.1) is 0 Å². The lowest BCUT2D eigenvalue weighted by Gasteiger charge is -2.36. The van der Waals surface area contributed by atoms with E-state index in [1.165, 1.54) is 60.1 Å². The van der Waals surface area contributed by atoms with Crippen LogP contribution in [0.1, 0.15) is 228 Å². The minimum Gasteiger partial charge on any atom is -0.477 e. The highest BCUT2D eigenvalue weighted by molar-refractivity contribution is 6.09. The number of nitrogens with two attached hydrogens (primary N) is 1. The second kappa shape index (κ2) is 39.3. The van der Waals surface area contributed by atoms with Gasteiger partial charge in [-0.3, -0.25) is 23.6 Å². The lowest BCUT2D eigenvalue weighted by molar-refractivity contribution is -0.112. The molecule has 3 saturated heterocycles. The third kappa shape index (κ3) is 22.9. The first kappa shape index (κ1) is 89.8. The maximum Gasteiger partial charge on any atom is 0.410 e. The van der Waals surface area contributed by atoms with Crippen molar-refractivity contribution in [2.24, 2.45) is 17.8 Å². The van der Waals surface area contributed by atoms with Gasteiger partial charge in [0, 0.05) is 138 Å². The fourth-order valence-electron chi connectivity index (χ4n) is 15.5. The number of ether oxygens (including phenoxy) is 3. The predicted octanol–water partition coefficient (Wildman–Crippen LogP) is 11.9. The molecule has 3 saturated carbocycles. The number of nitrogens with one attached hydrogen (secondary N) is 2. The number of amides is 5. The van der Waals surface area contributed by atoms with Gasteiger partial charge >= 0.3 is 24.2 Å². The molecule has 37 nitrogen and oxygen atoms in total. The lowest BCUT2D eigenvalue weighted by atomic mass is 9.87. The van der Waals surface area contributed by atoms with Gasteiger partial charge in [0.2, 0.25) is 0 Å². The Labute approximate surface area is 713 Å². The van der Waals surface area contributed by atoms with Crippen molar-refractivity contribution in [1.82, 2.24) is 87.8 Å². The Kier molecular flexibility index (Phi) is 28.5. The fourth-order valence-corrected chi connectivity index (χ4v) is 15.5. The molecule has 15 rings (SSSR count). The minimum absolute atomic E-state index is 0.0163. The smallest absolute Gasteiger partial charge is 0.410 e. The second-order valence-electron chi connectivity index (χ2n) is 34.5. The maximum absolute atomic E-state index is 13.9. The van der Waals surface area contributed by atoms with Gasteiger partial charge in [-0.05, 0) is 169 Å². The number of carbonyl (C=O) groups excluding carboxylic acids is 6. The number of fused-ring (bicyclic) bond motifs is 3. The summed E-state index contributed by atoms with van der Waals surface area (Å²) < 4.78 is 116. The van der Waals surface area contributed by atoms with E-state index in [0.717, 1.165) is 57.7 Å². The van der Waals surface area contributed by atoms with Crippen molar-refractivity contribution in [1.29, 1.82) is 0 Å². The molecule has 674 valence electrons. The molecule has 12 heterocycles. The normalized spacial score (nSPS) is 19.9. The third-order valence-electron chi connectivity index (χ3n) is 22.2. The molecule has 0 bridgehead atoms. The summed E-state index contributed by atoms with van der Waals surface area (Å²) in [5.74, 6) is 0.103. The van der Waals surface area contributed by atoms with Crippen molar-refractivity contribution in [2.75, 3.05) is 123 Å². The number of aliphatic hydroxyl groups is 2. The molecule has 3 aliphatic heterocycles. The fraction of sp³-hybridized carbons (Fsp3) is 0.580. The predicted molar refractivity (Wildman–Crippen MR) is 443 cm³/mol. The highest BCUT2D eigenvalue weighted by Crippen LogP contribution is 2.39. The monoisotopic (exact) mass is 1740 g/mol. The Bertz CT molecular complexity index is 5190. The Morgan fingerprint density at radius 2 is 0.774 bits per heavy atom. The van der Waals surface area contributed by atoms with E-state index in [1.807, 2.05) is 77.0 Å². The number of aromatic carboxylic acids is 1. The third-order valence-corrected chi connectivity index (χ3v) is 22.2. The van der Waals surface area contributed by atoms with Crippen LogP contribution in [0.2, 0.25) is 0 Å². The molecule has 0 unspecified atom stereocenters. The zero-order chi connectivity index (χ0) is 91.2. The van der Waals surface area contributed by atoms with E-state index in [-0.39, 0.29) is 112 Å². The van der Waals surface area contributed by atoms with Crippen molar-refractivity contribution in [2.45, 2.75) is 194 Å². The molecule has 0 atom stereocenters. The summed E-state index contributed by atoms with van der Waals surface area (Å²) in [6.07, 6.45) is 14.1. The molecule has 9 aromatic rings.